The smallest absolute Gasteiger partial charge is 0.119 e. The van der Waals surface area contributed by atoms with Crippen LogP contribution in [0.2, 0.25) is 0 Å². The van der Waals surface area contributed by atoms with Gasteiger partial charge in [0.05, 0.1) is 6.10 Å². The Morgan fingerprint density at radius 2 is 1.81 bits per heavy atom. The summed E-state index contributed by atoms with van der Waals surface area (Å²) in [5, 5.41) is 3.37. The summed E-state index contributed by atoms with van der Waals surface area (Å²) < 4.78 is 11.3. The Hall–Kier alpha value is -1.06. The lowest BCUT2D eigenvalue weighted by Crippen LogP contribution is -2.23. The molecule has 1 N–H and O–H groups in total. The predicted molar refractivity (Wildman–Crippen MR) is 89.3 cm³/mol. The number of hydrogen-bond donors (Lipinski definition) is 1. The fourth-order valence-corrected chi connectivity index (χ4v) is 2.27. The third kappa shape index (κ3) is 7.49. The average molecular weight is 293 g/mol. The molecule has 0 aliphatic carbocycles. The van der Waals surface area contributed by atoms with Crippen molar-refractivity contribution in [1.82, 2.24) is 5.32 Å². The van der Waals surface area contributed by atoms with Crippen molar-refractivity contribution in [2.24, 2.45) is 0 Å². The van der Waals surface area contributed by atoms with E-state index in [0.717, 1.165) is 31.9 Å². The van der Waals surface area contributed by atoms with Crippen molar-refractivity contribution in [1.29, 1.82) is 0 Å². The molecule has 1 aromatic rings. The van der Waals surface area contributed by atoms with Gasteiger partial charge in [0.25, 0.3) is 0 Å². The molecule has 0 saturated heterocycles. The van der Waals surface area contributed by atoms with E-state index in [2.05, 4.69) is 58.1 Å². The quantitative estimate of drug-likeness (QED) is 0.664. The first-order chi connectivity index (χ1) is 10.0. The van der Waals surface area contributed by atoms with E-state index >= 15 is 0 Å². The third-order valence-electron chi connectivity index (χ3n) is 3.36. The zero-order chi connectivity index (χ0) is 15.7. The highest BCUT2D eigenvalue weighted by Crippen LogP contribution is 2.23. The highest BCUT2D eigenvalue weighted by atomic mass is 16.5. The van der Waals surface area contributed by atoms with Gasteiger partial charge in [-0.05, 0) is 62.9 Å². The van der Waals surface area contributed by atoms with Crippen molar-refractivity contribution in [2.45, 2.75) is 53.1 Å². The van der Waals surface area contributed by atoms with Crippen LogP contribution in [0.15, 0.2) is 18.2 Å². The van der Waals surface area contributed by atoms with Crippen molar-refractivity contribution >= 4 is 0 Å². The van der Waals surface area contributed by atoms with Crippen LogP contribution in [0.3, 0.4) is 0 Å². The molecule has 0 atom stereocenters. The lowest BCUT2D eigenvalue weighted by atomic mass is 9.98. The fraction of sp³-hybridized carbons (Fsp3) is 0.667. The van der Waals surface area contributed by atoms with E-state index in [1.807, 2.05) is 0 Å². The predicted octanol–water partition coefficient (Wildman–Crippen LogP) is 3.90. The zero-order valence-electron chi connectivity index (χ0n) is 14.2. The van der Waals surface area contributed by atoms with Gasteiger partial charge in [-0.1, -0.05) is 19.9 Å². The molecular weight excluding hydrogens is 262 g/mol. The van der Waals surface area contributed by atoms with E-state index in [9.17, 15) is 0 Å². The Balaban J connectivity index is 2.14. The molecule has 1 aromatic carbocycles. The maximum Gasteiger partial charge on any atom is 0.119 e. The second-order valence-electron chi connectivity index (χ2n) is 6.04. The van der Waals surface area contributed by atoms with Crippen LogP contribution in [0, 0.1) is 6.92 Å². The van der Waals surface area contributed by atoms with E-state index in [0.29, 0.717) is 18.6 Å². The van der Waals surface area contributed by atoms with Gasteiger partial charge in [-0.25, -0.2) is 0 Å². The number of ether oxygens (including phenoxy) is 2. The molecule has 0 heterocycles. The molecule has 0 bridgehead atoms. The molecule has 0 saturated carbocycles. The van der Waals surface area contributed by atoms with Crippen molar-refractivity contribution in [3.05, 3.63) is 29.3 Å². The van der Waals surface area contributed by atoms with Crippen LogP contribution in [0.25, 0.3) is 0 Å². The van der Waals surface area contributed by atoms with Crippen LogP contribution in [0.4, 0.5) is 0 Å². The first-order valence-corrected chi connectivity index (χ1v) is 8.06. The van der Waals surface area contributed by atoms with Crippen LogP contribution in [-0.4, -0.2) is 32.4 Å². The lowest BCUT2D eigenvalue weighted by molar-refractivity contribution is 0.0770. The molecule has 0 aliphatic heterocycles. The van der Waals surface area contributed by atoms with Crippen LogP contribution in [-0.2, 0) is 4.74 Å². The van der Waals surface area contributed by atoms with Gasteiger partial charge in [0, 0.05) is 13.2 Å². The van der Waals surface area contributed by atoms with Crippen LogP contribution < -0.4 is 10.1 Å². The van der Waals surface area contributed by atoms with Gasteiger partial charge in [-0.2, -0.15) is 0 Å². The number of hydrogen-bond acceptors (Lipinski definition) is 3. The molecular formula is C18H31NO2. The van der Waals surface area contributed by atoms with Gasteiger partial charge in [0.1, 0.15) is 12.4 Å². The Kier molecular flexibility index (Phi) is 8.40. The van der Waals surface area contributed by atoms with Crippen LogP contribution >= 0.6 is 0 Å². The summed E-state index contributed by atoms with van der Waals surface area (Å²) in [6, 6.07) is 6.37. The Morgan fingerprint density at radius 3 is 2.43 bits per heavy atom. The van der Waals surface area contributed by atoms with Gasteiger partial charge in [0.2, 0.25) is 0 Å². The second kappa shape index (κ2) is 9.80. The molecule has 3 nitrogen and oxygen atoms in total. The summed E-state index contributed by atoms with van der Waals surface area (Å²) in [7, 11) is 0. The molecule has 21 heavy (non-hydrogen) atoms. The monoisotopic (exact) mass is 293 g/mol. The van der Waals surface area contributed by atoms with Crippen molar-refractivity contribution in [2.75, 3.05) is 26.3 Å². The van der Waals surface area contributed by atoms with Crippen LogP contribution in [0.5, 0.6) is 5.75 Å². The van der Waals surface area contributed by atoms with Gasteiger partial charge in [-0.3, -0.25) is 0 Å². The summed E-state index contributed by atoms with van der Waals surface area (Å²) in [4.78, 5) is 0. The summed E-state index contributed by atoms with van der Waals surface area (Å²) in [5.41, 5.74) is 2.70. The number of benzene rings is 1. The van der Waals surface area contributed by atoms with Gasteiger partial charge < -0.3 is 14.8 Å². The highest BCUT2D eigenvalue weighted by molar-refractivity contribution is 5.36. The number of aryl methyl sites for hydroxylation is 1. The van der Waals surface area contributed by atoms with E-state index < -0.39 is 0 Å². The average Bonchev–Trinajstić information content (AvgIpc) is 2.41. The van der Waals surface area contributed by atoms with Gasteiger partial charge in [-0.15, -0.1) is 0 Å². The Bertz CT molecular complexity index is 402. The zero-order valence-corrected chi connectivity index (χ0v) is 14.2. The Morgan fingerprint density at radius 1 is 1.05 bits per heavy atom. The van der Waals surface area contributed by atoms with E-state index in [1.54, 1.807) is 0 Å². The summed E-state index contributed by atoms with van der Waals surface area (Å²) in [6.45, 7) is 14.1. The first-order valence-electron chi connectivity index (χ1n) is 8.06. The first kappa shape index (κ1) is 18.0. The molecule has 0 aromatic heterocycles. The fourth-order valence-electron chi connectivity index (χ4n) is 2.27. The largest absolute Gasteiger partial charge is 0.492 e. The van der Waals surface area contributed by atoms with Crippen LogP contribution in [0.1, 0.15) is 51.2 Å². The minimum absolute atomic E-state index is 0.324. The van der Waals surface area contributed by atoms with E-state index in [-0.39, 0.29) is 0 Å². The molecule has 3 heteroatoms. The molecule has 0 amide bonds. The number of rotatable bonds is 10. The molecule has 120 valence electrons. The van der Waals surface area contributed by atoms with E-state index in [4.69, 9.17) is 9.47 Å². The molecule has 0 spiro atoms. The SMILES string of the molecule is Cc1cc(OCCNCCCOC(C)C)ccc1C(C)C. The normalized spacial score (nSPS) is 11.4. The van der Waals surface area contributed by atoms with Crippen molar-refractivity contribution < 1.29 is 9.47 Å². The number of nitrogens with one attached hydrogen (secondary N) is 1. The molecule has 1 rings (SSSR count). The topological polar surface area (TPSA) is 30.5 Å². The standard InChI is InChI=1S/C18H31NO2/c1-14(2)18-8-7-17(13-16(18)5)21-12-10-19-9-6-11-20-15(3)4/h7-8,13-15,19H,6,9-12H2,1-5H3. The van der Waals surface area contributed by atoms with Gasteiger partial charge in [0.15, 0.2) is 0 Å². The molecule has 0 aliphatic rings. The highest BCUT2D eigenvalue weighted by Gasteiger charge is 2.04. The molecule has 0 radical (unpaired) electrons. The lowest BCUT2D eigenvalue weighted by Gasteiger charge is -2.13. The van der Waals surface area contributed by atoms with Crippen molar-refractivity contribution in [3.8, 4) is 5.75 Å². The van der Waals surface area contributed by atoms with Gasteiger partial charge >= 0.3 is 0 Å². The summed E-state index contributed by atoms with van der Waals surface area (Å²) in [6.07, 6.45) is 1.37. The second-order valence-corrected chi connectivity index (χ2v) is 6.04. The van der Waals surface area contributed by atoms with Crippen molar-refractivity contribution in [3.63, 3.8) is 0 Å². The maximum atomic E-state index is 5.77. The minimum atomic E-state index is 0.324. The molecule has 0 unspecified atom stereocenters. The maximum absolute atomic E-state index is 5.77. The summed E-state index contributed by atoms with van der Waals surface area (Å²) >= 11 is 0. The van der Waals surface area contributed by atoms with E-state index in [1.165, 1.54) is 11.1 Å². The molecule has 0 fully saturated rings. The Labute approximate surface area is 130 Å². The third-order valence-corrected chi connectivity index (χ3v) is 3.36. The summed E-state index contributed by atoms with van der Waals surface area (Å²) in [5.74, 6) is 1.52. The minimum Gasteiger partial charge on any atom is -0.492 e.